The number of rotatable bonds is 8. The molecule has 0 aromatic heterocycles. The number of nitrogens with two attached hydrogens (primary N) is 1. The van der Waals surface area contributed by atoms with Gasteiger partial charge in [-0.15, -0.1) is 0 Å². The Balaban J connectivity index is 0.000000517. The topological polar surface area (TPSA) is 151 Å². The van der Waals surface area contributed by atoms with Crippen molar-refractivity contribution in [3.8, 4) is 5.75 Å². The van der Waals surface area contributed by atoms with E-state index < -0.39 is 24.2 Å². The van der Waals surface area contributed by atoms with Crippen LogP contribution in [-0.2, 0) is 25.6 Å². The molecule has 13 heteroatoms. The van der Waals surface area contributed by atoms with Gasteiger partial charge in [0.1, 0.15) is 17.8 Å². The number of alkyl halides is 3. The van der Waals surface area contributed by atoms with Gasteiger partial charge in [-0.2, -0.15) is 13.2 Å². The Morgan fingerprint density at radius 1 is 1.05 bits per heavy atom. The van der Waals surface area contributed by atoms with Crippen molar-refractivity contribution in [3.05, 3.63) is 29.8 Å². The van der Waals surface area contributed by atoms with Crippen LogP contribution in [0, 0.1) is 23.7 Å². The van der Waals surface area contributed by atoms with Gasteiger partial charge in [0.15, 0.2) is 0 Å². The van der Waals surface area contributed by atoms with Crippen molar-refractivity contribution in [1.82, 2.24) is 15.5 Å². The monoisotopic (exact) mass is 596 g/mol. The second-order valence-corrected chi connectivity index (χ2v) is 11.8. The average Bonchev–Trinajstić information content (AvgIpc) is 3.44. The number of carboxylic acid groups (broad SMARTS) is 1. The number of hydrogen-bond donors (Lipinski definition) is 4. The maximum absolute atomic E-state index is 13.6. The largest absolute Gasteiger partial charge is 0.497 e. The highest BCUT2D eigenvalue weighted by molar-refractivity contribution is 5.93. The molecule has 1 aliphatic heterocycles. The van der Waals surface area contributed by atoms with Crippen LogP contribution in [-0.4, -0.2) is 78.2 Å². The molecule has 1 heterocycles. The van der Waals surface area contributed by atoms with Crippen LogP contribution in [0.5, 0.6) is 5.75 Å². The van der Waals surface area contributed by atoms with Gasteiger partial charge in [0.2, 0.25) is 17.7 Å². The number of halogens is 3. The number of benzene rings is 1. The minimum atomic E-state index is -5.08. The Bertz CT molecular complexity index is 1120. The lowest BCUT2D eigenvalue weighted by atomic mass is 9.54. The molecule has 5 aliphatic rings. The fraction of sp³-hybridized carbons (Fsp3) is 0.655. The third-order valence-corrected chi connectivity index (χ3v) is 9.03. The van der Waals surface area contributed by atoms with Crippen molar-refractivity contribution >= 4 is 23.7 Å². The second-order valence-electron chi connectivity index (χ2n) is 11.8. The number of nitrogens with zero attached hydrogens (tertiary/aromatic N) is 1. The van der Waals surface area contributed by atoms with Crippen LogP contribution >= 0.6 is 0 Å². The average molecular weight is 597 g/mol. The van der Waals surface area contributed by atoms with E-state index in [0.717, 1.165) is 29.6 Å². The summed E-state index contributed by atoms with van der Waals surface area (Å²) in [5.74, 6) is 0.217. The van der Waals surface area contributed by atoms with Crippen molar-refractivity contribution in [1.29, 1.82) is 0 Å². The third-order valence-electron chi connectivity index (χ3n) is 9.03. The summed E-state index contributed by atoms with van der Waals surface area (Å²) in [6.07, 6.45) is 3.01. The number of likely N-dealkylation sites (tertiary alicyclic amines) is 1. The summed E-state index contributed by atoms with van der Waals surface area (Å²) >= 11 is 0. The van der Waals surface area contributed by atoms with E-state index in [4.69, 9.17) is 20.4 Å². The lowest BCUT2D eigenvalue weighted by Gasteiger charge is -2.54. The molecule has 5 N–H and O–H groups in total. The molecule has 5 fully saturated rings. The molecular weight excluding hydrogens is 557 g/mol. The Morgan fingerprint density at radius 2 is 1.62 bits per heavy atom. The molecule has 0 unspecified atom stereocenters. The predicted octanol–water partition coefficient (Wildman–Crippen LogP) is 2.25. The SMILES string of the molecule is COc1ccc(C[C@H](NC(=O)CN)C(=O)N2CCC[C@@H]2C(=O)NC2C3CC4CC(C3)CC2C4)cc1.O=C(O)C(F)(F)F. The number of methoxy groups -OCH3 is 1. The molecular formula is C29H39F3N4O6. The molecule has 10 nitrogen and oxygen atoms in total. The number of carboxylic acids is 1. The minimum absolute atomic E-state index is 0.0262. The summed E-state index contributed by atoms with van der Waals surface area (Å²) in [4.78, 5) is 49.8. The summed E-state index contributed by atoms with van der Waals surface area (Å²) < 4.78 is 37.0. The summed E-state index contributed by atoms with van der Waals surface area (Å²) in [5, 5.41) is 13.3. The number of ether oxygens (including phenoxy) is 1. The van der Waals surface area contributed by atoms with Gasteiger partial charge in [-0.1, -0.05) is 12.1 Å². The maximum Gasteiger partial charge on any atom is 0.490 e. The molecule has 4 bridgehead atoms. The number of aliphatic carboxylic acids is 1. The molecule has 42 heavy (non-hydrogen) atoms. The first kappa shape index (κ1) is 31.6. The van der Waals surface area contributed by atoms with Gasteiger partial charge in [0.05, 0.1) is 13.7 Å². The van der Waals surface area contributed by atoms with Crippen LogP contribution in [0.25, 0.3) is 0 Å². The molecule has 2 atom stereocenters. The van der Waals surface area contributed by atoms with Crippen molar-refractivity contribution in [2.24, 2.45) is 29.4 Å². The number of amides is 3. The van der Waals surface area contributed by atoms with Crippen molar-refractivity contribution in [2.45, 2.75) is 75.7 Å². The van der Waals surface area contributed by atoms with Gasteiger partial charge in [-0.3, -0.25) is 14.4 Å². The molecule has 0 spiro atoms. The maximum atomic E-state index is 13.6. The van der Waals surface area contributed by atoms with Crippen LogP contribution in [0.3, 0.4) is 0 Å². The molecule has 232 valence electrons. The molecule has 3 amide bonds. The quantitative estimate of drug-likeness (QED) is 0.359. The molecule has 4 saturated carbocycles. The van der Waals surface area contributed by atoms with Gasteiger partial charge >= 0.3 is 12.1 Å². The molecule has 1 aromatic rings. The molecule has 6 rings (SSSR count). The van der Waals surface area contributed by atoms with Gasteiger partial charge in [-0.25, -0.2) is 4.79 Å². The smallest absolute Gasteiger partial charge is 0.490 e. The Morgan fingerprint density at radius 3 is 2.12 bits per heavy atom. The van der Waals surface area contributed by atoms with Gasteiger partial charge in [0.25, 0.3) is 0 Å². The van der Waals surface area contributed by atoms with E-state index in [9.17, 15) is 27.6 Å². The zero-order valence-corrected chi connectivity index (χ0v) is 23.6. The summed E-state index contributed by atoms with van der Waals surface area (Å²) in [6, 6.07) is 6.43. The van der Waals surface area contributed by atoms with Crippen molar-refractivity contribution < 1.29 is 42.2 Å². The number of hydrogen-bond acceptors (Lipinski definition) is 6. The molecule has 1 saturated heterocycles. The Hall–Kier alpha value is -3.35. The lowest BCUT2D eigenvalue weighted by molar-refractivity contribution is -0.192. The number of nitrogens with one attached hydrogen (secondary N) is 2. The van der Waals surface area contributed by atoms with Crippen LogP contribution < -0.4 is 21.1 Å². The first-order chi connectivity index (χ1) is 19.9. The highest BCUT2D eigenvalue weighted by Crippen LogP contribution is 2.53. The van der Waals surface area contributed by atoms with E-state index in [1.807, 2.05) is 24.3 Å². The number of carbonyl (C=O) groups is 4. The first-order valence-electron chi connectivity index (χ1n) is 14.4. The summed E-state index contributed by atoms with van der Waals surface area (Å²) in [5.41, 5.74) is 6.42. The Kier molecular flexibility index (Phi) is 10.0. The van der Waals surface area contributed by atoms with Crippen LogP contribution in [0.4, 0.5) is 13.2 Å². The molecule has 0 radical (unpaired) electrons. The van der Waals surface area contributed by atoms with Crippen LogP contribution in [0.1, 0.15) is 50.5 Å². The summed E-state index contributed by atoms with van der Waals surface area (Å²) in [7, 11) is 1.60. The summed E-state index contributed by atoms with van der Waals surface area (Å²) in [6.45, 7) is 0.332. The zero-order valence-electron chi connectivity index (χ0n) is 23.6. The zero-order chi connectivity index (χ0) is 30.6. The molecule has 4 aliphatic carbocycles. The predicted molar refractivity (Wildman–Crippen MR) is 145 cm³/mol. The highest BCUT2D eigenvalue weighted by atomic mass is 19.4. The van der Waals surface area contributed by atoms with Gasteiger partial charge in [0, 0.05) is 19.0 Å². The van der Waals surface area contributed by atoms with Gasteiger partial charge in [-0.05, 0) is 86.3 Å². The van der Waals surface area contributed by atoms with Gasteiger partial charge < -0.3 is 31.1 Å². The fourth-order valence-electron chi connectivity index (χ4n) is 7.38. The normalized spacial score (nSPS) is 28.4. The second kappa shape index (κ2) is 13.3. The standard InChI is InChI=1S/C27H38N4O4.C2HF3O2/c1-35-21-6-4-16(5-7-21)14-22(29-24(32)15-28)27(34)31-8-2-3-23(31)26(33)30-25-19-10-17-9-18(12-19)13-20(25)11-17;3-2(4,5)1(6)7/h4-7,17-20,22-23,25H,2-3,8-15,28H2,1H3,(H,29,32)(H,30,33);(H,6,7)/t17?,18?,19?,20?,22-,23+,25?;/m0./s1. The molecule has 1 aromatic carbocycles. The van der Waals surface area contributed by atoms with E-state index in [2.05, 4.69) is 10.6 Å². The Labute approximate surface area is 242 Å². The fourth-order valence-corrected chi connectivity index (χ4v) is 7.38. The third kappa shape index (κ3) is 7.53. The van der Waals surface area contributed by atoms with E-state index in [1.54, 1.807) is 12.0 Å². The van der Waals surface area contributed by atoms with Crippen LogP contribution in [0.2, 0.25) is 0 Å². The highest BCUT2D eigenvalue weighted by Gasteiger charge is 2.49. The van der Waals surface area contributed by atoms with E-state index in [0.29, 0.717) is 31.2 Å². The van der Waals surface area contributed by atoms with Crippen molar-refractivity contribution in [2.75, 3.05) is 20.2 Å². The van der Waals surface area contributed by atoms with Crippen LogP contribution in [0.15, 0.2) is 24.3 Å². The van der Waals surface area contributed by atoms with E-state index >= 15 is 0 Å². The minimum Gasteiger partial charge on any atom is -0.497 e. The van der Waals surface area contributed by atoms with E-state index in [1.165, 1.54) is 32.1 Å². The van der Waals surface area contributed by atoms with Crippen molar-refractivity contribution in [3.63, 3.8) is 0 Å². The lowest BCUT2D eigenvalue weighted by Crippen LogP contribution is -2.60. The van der Waals surface area contributed by atoms with E-state index in [-0.39, 0.29) is 30.3 Å². The first-order valence-corrected chi connectivity index (χ1v) is 14.4. The number of carbonyl (C=O) groups excluding carboxylic acids is 3.